The standard InChI is InChI=1S/C14H16FN3O/c1-10-7-12(15)3-4-13(10)14(19)16-6-5-11-8-17-18(2)9-11/h3-4,7-9H,5-6H2,1-2H3,(H,16,19). The van der Waals surface area contributed by atoms with Crippen LogP contribution in [0.4, 0.5) is 4.39 Å². The van der Waals surface area contributed by atoms with Gasteiger partial charge in [0.15, 0.2) is 0 Å². The zero-order valence-electron chi connectivity index (χ0n) is 11.0. The molecular weight excluding hydrogens is 245 g/mol. The van der Waals surface area contributed by atoms with E-state index in [1.54, 1.807) is 17.8 Å². The number of amides is 1. The highest BCUT2D eigenvalue weighted by Crippen LogP contribution is 2.09. The van der Waals surface area contributed by atoms with Gasteiger partial charge < -0.3 is 5.32 Å². The van der Waals surface area contributed by atoms with E-state index in [2.05, 4.69) is 10.4 Å². The van der Waals surface area contributed by atoms with Crippen molar-refractivity contribution in [1.82, 2.24) is 15.1 Å². The highest BCUT2D eigenvalue weighted by Gasteiger charge is 2.09. The molecule has 0 unspecified atom stereocenters. The lowest BCUT2D eigenvalue weighted by atomic mass is 10.1. The molecule has 100 valence electrons. The minimum atomic E-state index is -0.329. The van der Waals surface area contributed by atoms with Gasteiger partial charge in [-0.25, -0.2) is 4.39 Å². The number of halogens is 1. The van der Waals surface area contributed by atoms with Crippen LogP contribution >= 0.6 is 0 Å². The number of carbonyl (C=O) groups is 1. The number of benzene rings is 1. The molecule has 0 aliphatic carbocycles. The van der Waals surface area contributed by atoms with Crippen molar-refractivity contribution in [2.75, 3.05) is 6.54 Å². The second-order valence-corrected chi connectivity index (χ2v) is 4.49. The van der Waals surface area contributed by atoms with E-state index in [1.807, 2.05) is 13.2 Å². The maximum Gasteiger partial charge on any atom is 0.251 e. The van der Waals surface area contributed by atoms with Crippen molar-refractivity contribution >= 4 is 5.91 Å². The summed E-state index contributed by atoms with van der Waals surface area (Å²) in [6.45, 7) is 2.25. The summed E-state index contributed by atoms with van der Waals surface area (Å²) in [6.07, 6.45) is 4.41. The summed E-state index contributed by atoms with van der Waals surface area (Å²) in [7, 11) is 1.85. The van der Waals surface area contributed by atoms with E-state index in [4.69, 9.17) is 0 Å². The van der Waals surface area contributed by atoms with Crippen LogP contribution in [0.1, 0.15) is 21.5 Å². The van der Waals surface area contributed by atoms with Crippen LogP contribution < -0.4 is 5.32 Å². The van der Waals surface area contributed by atoms with Crippen molar-refractivity contribution in [2.45, 2.75) is 13.3 Å². The molecule has 1 aromatic heterocycles. The Hall–Kier alpha value is -2.17. The van der Waals surface area contributed by atoms with Crippen molar-refractivity contribution in [3.8, 4) is 0 Å². The molecule has 0 radical (unpaired) electrons. The van der Waals surface area contributed by atoms with E-state index in [1.165, 1.54) is 18.2 Å². The molecule has 2 rings (SSSR count). The number of aryl methyl sites for hydroxylation is 2. The van der Waals surface area contributed by atoms with E-state index in [0.717, 1.165) is 12.0 Å². The molecule has 0 aliphatic heterocycles. The van der Waals surface area contributed by atoms with Crippen LogP contribution in [0.3, 0.4) is 0 Å². The zero-order valence-corrected chi connectivity index (χ0v) is 11.0. The first-order valence-electron chi connectivity index (χ1n) is 6.08. The molecule has 0 spiro atoms. The summed E-state index contributed by atoms with van der Waals surface area (Å²) in [5.74, 6) is -0.509. The van der Waals surface area contributed by atoms with E-state index < -0.39 is 0 Å². The number of rotatable bonds is 4. The average molecular weight is 261 g/mol. The van der Waals surface area contributed by atoms with Crippen molar-refractivity contribution in [1.29, 1.82) is 0 Å². The summed E-state index contributed by atoms with van der Waals surface area (Å²) in [5, 5.41) is 6.88. The molecule has 0 saturated carbocycles. The predicted molar refractivity (Wildman–Crippen MR) is 70.4 cm³/mol. The van der Waals surface area contributed by atoms with Gasteiger partial charge in [-0.3, -0.25) is 9.48 Å². The third kappa shape index (κ3) is 3.40. The van der Waals surface area contributed by atoms with Crippen LogP contribution in [0.25, 0.3) is 0 Å². The van der Waals surface area contributed by atoms with Gasteiger partial charge in [0.25, 0.3) is 5.91 Å². The highest BCUT2D eigenvalue weighted by molar-refractivity contribution is 5.95. The molecule has 4 nitrogen and oxygen atoms in total. The fraction of sp³-hybridized carbons (Fsp3) is 0.286. The van der Waals surface area contributed by atoms with Gasteiger partial charge in [0.1, 0.15) is 5.82 Å². The van der Waals surface area contributed by atoms with Crippen molar-refractivity contribution < 1.29 is 9.18 Å². The van der Waals surface area contributed by atoms with Crippen LogP contribution in [0.15, 0.2) is 30.6 Å². The fourth-order valence-corrected chi connectivity index (χ4v) is 1.90. The Morgan fingerprint density at radius 2 is 2.26 bits per heavy atom. The van der Waals surface area contributed by atoms with Crippen LogP contribution in [0.5, 0.6) is 0 Å². The molecule has 1 amide bonds. The monoisotopic (exact) mass is 261 g/mol. The predicted octanol–water partition coefficient (Wildman–Crippen LogP) is 1.84. The van der Waals surface area contributed by atoms with Crippen molar-refractivity contribution in [2.24, 2.45) is 7.05 Å². The molecule has 0 fully saturated rings. The third-order valence-electron chi connectivity index (χ3n) is 2.89. The topological polar surface area (TPSA) is 46.9 Å². The lowest BCUT2D eigenvalue weighted by Crippen LogP contribution is -2.26. The van der Waals surface area contributed by atoms with Gasteiger partial charge in [0.05, 0.1) is 6.20 Å². The molecule has 0 atom stereocenters. The van der Waals surface area contributed by atoms with E-state index in [0.29, 0.717) is 17.7 Å². The second-order valence-electron chi connectivity index (χ2n) is 4.49. The van der Waals surface area contributed by atoms with Gasteiger partial charge in [0, 0.05) is 25.4 Å². The summed E-state index contributed by atoms with van der Waals surface area (Å²) in [6, 6.07) is 4.16. The molecule has 0 saturated heterocycles. The first kappa shape index (κ1) is 13.3. The smallest absolute Gasteiger partial charge is 0.251 e. The average Bonchev–Trinajstić information content (AvgIpc) is 2.75. The lowest BCUT2D eigenvalue weighted by Gasteiger charge is -2.07. The zero-order chi connectivity index (χ0) is 13.8. The van der Waals surface area contributed by atoms with Crippen LogP contribution in [0.2, 0.25) is 0 Å². The minimum absolute atomic E-state index is 0.179. The summed E-state index contributed by atoms with van der Waals surface area (Å²) >= 11 is 0. The van der Waals surface area contributed by atoms with Gasteiger partial charge in [-0.1, -0.05) is 0 Å². The van der Waals surface area contributed by atoms with Crippen LogP contribution in [0, 0.1) is 12.7 Å². The van der Waals surface area contributed by atoms with Crippen LogP contribution in [-0.2, 0) is 13.5 Å². The summed E-state index contributed by atoms with van der Waals surface area (Å²) in [5.41, 5.74) is 2.21. The molecule has 19 heavy (non-hydrogen) atoms. The quantitative estimate of drug-likeness (QED) is 0.913. The second kappa shape index (κ2) is 5.65. The number of nitrogens with one attached hydrogen (secondary N) is 1. The maximum absolute atomic E-state index is 12.9. The minimum Gasteiger partial charge on any atom is -0.352 e. The molecule has 0 aliphatic rings. The Labute approximate surface area is 111 Å². The Morgan fingerprint density at radius 3 is 2.89 bits per heavy atom. The highest BCUT2D eigenvalue weighted by atomic mass is 19.1. The largest absolute Gasteiger partial charge is 0.352 e. The van der Waals surface area contributed by atoms with E-state index >= 15 is 0 Å². The summed E-state index contributed by atoms with van der Waals surface area (Å²) in [4.78, 5) is 11.9. The van der Waals surface area contributed by atoms with Gasteiger partial charge in [0.2, 0.25) is 0 Å². The molecule has 2 aromatic rings. The number of hydrogen-bond acceptors (Lipinski definition) is 2. The first-order valence-corrected chi connectivity index (χ1v) is 6.08. The normalized spacial score (nSPS) is 10.5. The molecule has 1 heterocycles. The summed E-state index contributed by atoms with van der Waals surface area (Å²) < 4.78 is 14.7. The van der Waals surface area contributed by atoms with E-state index in [9.17, 15) is 9.18 Å². The molecule has 5 heteroatoms. The third-order valence-corrected chi connectivity index (χ3v) is 2.89. The number of carbonyl (C=O) groups excluding carboxylic acids is 1. The number of hydrogen-bond donors (Lipinski definition) is 1. The molecule has 1 aromatic carbocycles. The van der Waals surface area contributed by atoms with Gasteiger partial charge >= 0.3 is 0 Å². The Bertz CT molecular complexity index is 592. The fourth-order valence-electron chi connectivity index (χ4n) is 1.90. The lowest BCUT2D eigenvalue weighted by molar-refractivity contribution is 0.0953. The molecule has 0 bridgehead atoms. The Kier molecular flexibility index (Phi) is 3.94. The Balaban J connectivity index is 1.90. The van der Waals surface area contributed by atoms with Gasteiger partial charge in [-0.2, -0.15) is 5.10 Å². The van der Waals surface area contributed by atoms with Gasteiger partial charge in [-0.05, 0) is 42.7 Å². The van der Waals surface area contributed by atoms with Crippen molar-refractivity contribution in [3.05, 3.63) is 53.1 Å². The Morgan fingerprint density at radius 1 is 1.47 bits per heavy atom. The first-order chi connectivity index (χ1) is 9.06. The molecule has 1 N–H and O–H groups in total. The van der Waals surface area contributed by atoms with E-state index in [-0.39, 0.29) is 11.7 Å². The van der Waals surface area contributed by atoms with Gasteiger partial charge in [-0.15, -0.1) is 0 Å². The van der Waals surface area contributed by atoms with Crippen molar-refractivity contribution in [3.63, 3.8) is 0 Å². The van der Waals surface area contributed by atoms with Crippen LogP contribution in [-0.4, -0.2) is 22.2 Å². The maximum atomic E-state index is 12.9. The number of nitrogens with zero attached hydrogens (tertiary/aromatic N) is 2. The SMILES string of the molecule is Cc1cc(F)ccc1C(=O)NCCc1cnn(C)c1. The number of aromatic nitrogens is 2. The molecular formula is C14H16FN3O.